The Balaban J connectivity index is 1.74. The van der Waals surface area contributed by atoms with Crippen molar-refractivity contribution in [3.8, 4) is 0 Å². The molecule has 1 unspecified atom stereocenters. The van der Waals surface area contributed by atoms with Crippen LogP contribution in [0.3, 0.4) is 0 Å². The zero-order valence-electron chi connectivity index (χ0n) is 13.1. The number of aromatic nitrogens is 2. The van der Waals surface area contributed by atoms with E-state index in [1.54, 1.807) is 4.68 Å². The fraction of sp³-hybridized carbons (Fsp3) is 0.412. The van der Waals surface area contributed by atoms with Crippen LogP contribution in [0.5, 0.6) is 0 Å². The van der Waals surface area contributed by atoms with Crippen LogP contribution in [0.25, 0.3) is 0 Å². The molecule has 1 atom stereocenters. The normalized spacial score (nSPS) is 17.1. The van der Waals surface area contributed by atoms with E-state index in [0.29, 0.717) is 12.8 Å². The molecule has 1 amide bonds. The molecule has 1 aromatic heterocycles. The van der Waals surface area contributed by atoms with E-state index in [2.05, 4.69) is 10.4 Å². The standard InChI is InChI=1S/C17H21N3O2/c1-11(15-10-20(3)19-12(15)2)18-16(21)17(22)8-13-6-4-5-7-14(13)9-17/h4-7,10-11,22H,8-9H2,1-3H3,(H,18,21). The Bertz CT molecular complexity index is 695. The van der Waals surface area contributed by atoms with Crippen molar-refractivity contribution in [2.75, 3.05) is 0 Å². The molecular weight excluding hydrogens is 278 g/mol. The van der Waals surface area contributed by atoms with Gasteiger partial charge in [-0.2, -0.15) is 5.10 Å². The molecule has 0 saturated heterocycles. The SMILES string of the molecule is Cc1nn(C)cc1C(C)NC(=O)C1(O)Cc2ccccc2C1. The maximum absolute atomic E-state index is 12.5. The number of nitrogens with one attached hydrogen (secondary N) is 1. The predicted molar refractivity (Wildman–Crippen MR) is 83.3 cm³/mol. The second kappa shape index (κ2) is 5.25. The van der Waals surface area contributed by atoms with E-state index in [1.807, 2.05) is 51.4 Å². The number of hydrogen-bond acceptors (Lipinski definition) is 3. The maximum atomic E-state index is 12.5. The number of aliphatic hydroxyl groups is 1. The number of fused-ring (bicyclic) bond motifs is 1. The molecule has 0 bridgehead atoms. The Morgan fingerprint density at radius 2 is 1.95 bits per heavy atom. The number of nitrogens with zero attached hydrogens (tertiary/aromatic N) is 2. The number of carbonyl (C=O) groups excluding carboxylic acids is 1. The van der Waals surface area contributed by atoms with Crippen molar-refractivity contribution in [2.45, 2.75) is 38.3 Å². The van der Waals surface area contributed by atoms with Crippen molar-refractivity contribution >= 4 is 5.91 Å². The van der Waals surface area contributed by atoms with Crippen molar-refractivity contribution in [3.63, 3.8) is 0 Å². The van der Waals surface area contributed by atoms with E-state index in [-0.39, 0.29) is 11.9 Å². The number of amides is 1. The van der Waals surface area contributed by atoms with Crippen LogP contribution in [-0.4, -0.2) is 26.4 Å². The summed E-state index contributed by atoms with van der Waals surface area (Å²) in [7, 11) is 1.85. The third-order valence-corrected chi connectivity index (χ3v) is 4.37. The fourth-order valence-electron chi connectivity index (χ4n) is 3.21. The molecule has 5 heteroatoms. The Labute approximate surface area is 130 Å². The molecule has 0 saturated carbocycles. The highest BCUT2D eigenvalue weighted by Crippen LogP contribution is 2.30. The van der Waals surface area contributed by atoms with Crippen LogP contribution in [0.2, 0.25) is 0 Å². The summed E-state index contributed by atoms with van der Waals surface area (Å²) in [5.41, 5.74) is 2.59. The first-order valence-corrected chi connectivity index (χ1v) is 7.49. The van der Waals surface area contributed by atoms with Gasteiger partial charge in [0.15, 0.2) is 5.60 Å². The van der Waals surface area contributed by atoms with E-state index >= 15 is 0 Å². The summed E-state index contributed by atoms with van der Waals surface area (Å²) >= 11 is 0. The van der Waals surface area contributed by atoms with Gasteiger partial charge in [-0.05, 0) is 25.0 Å². The Kier molecular flexibility index (Phi) is 3.53. The van der Waals surface area contributed by atoms with Gasteiger partial charge in [0.05, 0.1) is 11.7 Å². The summed E-state index contributed by atoms with van der Waals surface area (Å²) in [5, 5.41) is 17.9. The quantitative estimate of drug-likeness (QED) is 0.901. The van der Waals surface area contributed by atoms with Crippen molar-refractivity contribution in [1.82, 2.24) is 15.1 Å². The molecule has 0 radical (unpaired) electrons. The number of benzene rings is 1. The van der Waals surface area contributed by atoms with Crippen LogP contribution in [0, 0.1) is 6.92 Å². The largest absolute Gasteiger partial charge is 0.379 e. The monoisotopic (exact) mass is 299 g/mol. The van der Waals surface area contributed by atoms with Crippen LogP contribution in [0.1, 0.15) is 35.3 Å². The molecule has 2 N–H and O–H groups in total. The zero-order valence-corrected chi connectivity index (χ0v) is 13.1. The first-order chi connectivity index (χ1) is 10.4. The third kappa shape index (κ3) is 2.52. The van der Waals surface area contributed by atoms with E-state index in [9.17, 15) is 9.90 Å². The highest BCUT2D eigenvalue weighted by atomic mass is 16.3. The van der Waals surface area contributed by atoms with Gasteiger partial charge in [0.2, 0.25) is 0 Å². The average Bonchev–Trinajstić information content (AvgIpc) is 2.98. The van der Waals surface area contributed by atoms with Crippen molar-refractivity contribution < 1.29 is 9.90 Å². The average molecular weight is 299 g/mol. The predicted octanol–water partition coefficient (Wildman–Crippen LogP) is 1.44. The van der Waals surface area contributed by atoms with Gasteiger partial charge >= 0.3 is 0 Å². The molecule has 1 heterocycles. The minimum absolute atomic E-state index is 0.186. The van der Waals surface area contributed by atoms with Crippen LogP contribution in [-0.2, 0) is 24.7 Å². The smallest absolute Gasteiger partial charge is 0.253 e. The number of rotatable bonds is 3. The van der Waals surface area contributed by atoms with Gasteiger partial charge in [-0.15, -0.1) is 0 Å². The van der Waals surface area contributed by atoms with E-state index in [1.165, 1.54) is 0 Å². The van der Waals surface area contributed by atoms with Gasteiger partial charge < -0.3 is 10.4 Å². The summed E-state index contributed by atoms with van der Waals surface area (Å²) in [6, 6.07) is 7.62. The minimum Gasteiger partial charge on any atom is -0.379 e. The van der Waals surface area contributed by atoms with Crippen molar-refractivity contribution in [3.05, 3.63) is 52.8 Å². The number of carbonyl (C=O) groups is 1. The highest BCUT2D eigenvalue weighted by molar-refractivity contribution is 5.87. The lowest BCUT2D eigenvalue weighted by molar-refractivity contribution is -0.139. The van der Waals surface area contributed by atoms with E-state index < -0.39 is 5.60 Å². The molecule has 1 aliphatic carbocycles. The number of hydrogen-bond donors (Lipinski definition) is 2. The number of aryl methyl sites for hydroxylation is 2. The van der Waals surface area contributed by atoms with Crippen molar-refractivity contribution in [2.24, 2.45) is 7.05 Å². The van der Waals surface area contributed by atoms with Gasteiger partial charge in [0.1, 0.15) is 0 Å². The molecule has 2 aromatic rings. The maximum Gasteiger partial charge on any atom is 0.253 e. The van der Waals surface area contributed by atoms with E-state index in [4.69, 9.17) is 0 Å². The zero-order chi connectivity index (χ0) is 15.9. The second-order valence-corrected chi connectivity index (χ2v) is 6.19. The van der Waals surface area contributed by atoms with Gasteiger partial charge in [0, 0.05) is 31.6 Å². The molecule has 0 aliphatic heterocycles. The molecule has 1 aromatic carbocycles. The van der Waals surface area contributed by atoms with E-state index in [0.717, 1.165) is 22.4 Å². The third-order valence-electron chi connectivity index (χ3n) is 4.37. The van der Waals surface area contributed by atoms with Gasteiger partial charge in [-0.25, -0.2) is 0 Å². The topological polar surface area (TPSA) is 67.2 Å². The van der Waals surface area contributed by atoms with Crippen LogP contribution in [0.4, 0.5) is 0 Å². The lowest BCUT2D eigenvalue weighted by Crippen LogP contribution is -2.48. The Morgan fingerprint density at radius 3 is 2.45 bits per heavy atom. The molecular formula is C17H21N3O2. The van der Waals surface area contributed by atoms with Crippen molar-refractivity contribution in [1.29, 1.82) is 0 Å². The summed E-state index contributed by atoms with van der Waals surface area (Å²) < 4.78 is 1.73. The molecule has 0 fully saturated rings. The molecule has 116 valence electrons. The Morgan fingerprint density at radius 1 is 1.36 bits per heavy atom. The van der Waals surface area contributed by atoms with Gasteiger partial charge in [0.25, 0.3) is 5.91 Å². The second-order valence-electron chi connectivity index (χ2n) is 6.19. The van der Waals surface area contributed by atoms with Crippen LogP contribution < -0.4 is 5.32 Å². The molecule has 3 rings (SSSR count). The fourth-order valence-corrected chi connectivity index (χ4v) is 3.21. The van der Waals surface area contributed by atoms with Gasteiger partial charge in [-0.1, -0.05) is 24.3 Å². The molecule has 0 spiro atoms. The molecule has 1 aliphatic rings. The van der Waals surface area contributed by atoms with Gasteiger partial charge in [-0.3, -0.25) is 9.48 Å². The summed E-state index contributed by atoms with van der Waals surface area (Å²) in [4.78, 5) is 12.5. The van der Waals surface area contributed by atoms with Crippen LogP contribution in [0.15, 0.2) is 30.5 Å². The molecule has 5 nitrogen and oxygen atoms in total. The summed E-state index contributed by atoms with van der Waals surface area (Å²) in [5.74, 6) is -0.320. The molecule has 22 heavy (non-hydrogen) atoms. The highest BCUT2D eigenvalue weighted by Gasteiger charge is 2.42. The van der Waals surface area contributed by atoms with Crippen LogP contribution >= 0.6 is 0 Å². The first-order valence-electron chi connectivity index (χ1n) is 7.49. The summed E-state index contributed by atoms with van der Waals surface area (Å²) in [6.45, 7) is 3.82. The first kappa shape index (κ1) is 14.8. The lowest BCUT2D eigenvalue weighted by atomic mass is 9.98. The summed E-state index contributed by atoms with van der Waals surface area (Å²) in [6.07, 6.45) is 2.63. The minimum atomic E-state index is -1.35. The Hall–Kier alpha value is -2.14. The lowest BCUT2D eigenvalue weighted by Gasteiger charge is -2.24.